The van der Waals surface area contributed by atoms with Crippen molar-refractivity contribution in [3.63, 3.8) is 0 Å². The van der Waals surface area contributed by atoms with Crippen molar-refractivity contribution in [2.24, 2.45) is 0 Å². The molecule has 0 aliphatic heterocycles. The van der Waals surface area contributed by atoms with E-state index in [0.29, 0.717) is 23.1 Å². The monoisotopic (exact) mass is 290 g/mol. The molecule has 6 heteroatoms. The van der Waals surface area contributed by atoms with Gasteiger partial charge in [0, 0.05) is 5.39 Å². The molecular weight excluding hydrogens is 272 g/mol. The number of benzene rings is 1. The van der Waals surface area contributed by atoms with Crippen LogP contribution in [0.5, 0.6) is 0 Å². The molecule has 0 aliphatic rings. The van der Waals surface area contributed by atoms with Crippen molar-refractivity contribution in [3.8, 4) is 0 Å². The molecule has 6 nitrogen and oxygen atoms in total. The number of fused-ring (bicyclic) bond motifs is 1. The van der Waals surface area contributed by atoms with Gasteiger partial charge >= 0.3 is 12.1 Å². The van der Waals surface area contributed by atoms with Gasteiger partial charge in [-0.3, -0.25) is 0 Å². The minimum atomic E-state index is -0.597. The maximum Gasteiger partial charge on any atom is 0.435 e. The van der Waals surface area contributed by atoms with Gasteiger partial charge in [-0.1, -0.05) is 0 Å². The first-order valence-corrected chi connectivity index (χ1v) is 6.70. The zero-order valence-corrected chi connectivity index (χ0v) is 12.5. The predicted molar refractivity (Wildman–Crippen MR) is 77.3 cm³/mol. The van der Waals surface area contributed by atoms with Crippen LogP contribution in [-0.4, -0.2) is 34.1 Å². The van der Waals surface area contributed by atoms with Gasteiger partial charge in [-0.15, -0.1) is 0 Å². The summed E-state index contributed by atoms with van der Waals surface area (Å²) in [6.07, 6.45) is 0.962. The third-order valence-corrected chi connectivity index (χ3v) is 2.65. The van der Waals surface area contributed by atoms with Crippen molar-refractivity contribution in [3.05, 3.63) is 30.0 Å². The fourth-order valence-corrected chi connectivity index (χ4v) is 1.82. The molecule has 2 aromatic rings. The number of esters is 1. The smallest absolute Gasteiger partial charge is 0.435 e. The Morgan fingerprint density at radius 2 is 2.00 bits per heavy atom. The lowest BCUT2D eigenvalue weighted by Gasteiger charge is -2.19. The number of carbonyl (C=O) groups excluding carboxylic acids is 2. The van der Waals surface area contributed by atoms with Crippen LogP contribution in [0.25, 0.3) is 10.9 Å². The van der Waals surface area contributed by atoms with E-state index in [9.17, 15) is 9.59 Å². The Balaban J connectivity index is 2.33. The molecular formula is C15H18N2O4. The molecule has 0 amide bonds. The van der Waals surface area contributed by atoms with Crippen molar-refractivity contribution in [1.82, 2.24) is 9.78 Å². The molecule has 0 aliphatic carbocycles. The lowest BCUT2D eigenvalue weighted by molar-refractivity contribution is 0.0515. The highest BCUT2D eigenvalue weighted by Crippen LogP contribution is 2.18. The molecule has 0 saturated carbocycles. The Hall–Kier alpha value is -2.37. The topological polar surface area (TPSA) is 70.4 Å². The fourth-order valence-electron chi connectivity index (χ4n) is 1.82. The van der Waals surface area contributed by atoms with Crippen molar-refractivity contribution in [2.75, 3.05) is 6.61 Å². The number of carbonyl (C=O) groups is 2. The molecule has 112 valence electrons. The Labute approximate surface area is 122 Å². The van der Waals surface area contributed by atoms with Crippen LogP contribution >= 0.6 is 0 Å². The van der Waals surface area contributed by atoms with E-state index in [1.165, 1.54) is 10.9 Å². The molecule has 1 heterocycles. The third kappa shape index (κ3) is 3.39. The Bertz CT molecular complexity index is 683. The molecule has 0 fully saturated rings. The zero-order valence-electron chi connectivity index (χ0n) is 12.5. The maximum atomic E-state index is 12.0. The molecule has 0 atom stereocenters. The number of hydrogen-bond acceptors (Lipinski definition) is 5. The molecule has 0 radical (unpaired) electrons. The highest BCUT2D eigenvalue weighted by molar-refractivity contribution is 5.96. The van der Waals surface area contributed by atoms with Crippen molar-refractivity contribution in [1.29, 1.82) is 0 Å². The van der Waals surface area contributed by atoms with Gasteiger partial charge in [-0.2, -0.15) is 9.78 Å². The van der Waals surface area contributed by atoms with E-state index in [0.717, 1.165) is 0 Å². The van der Waals surface area contributed by atoms with Crippen LogP contribution in [0, 0.1) is 0 Å². The second-order valence-corrected chi connectivity index (χ2v) is 5.53. The summed E-state index contributed by atoms with van der Waals surface area (Å²) >= 11 is 0. The molecule has 0 bridgehead atoms. The molecule has 0 unspecified atom stereocenters. The van der Waals surface area contributed by atoms with Crippen LogP contribution in [0.1, 0.15) is 38.1 Å². The first-order chi connectivity index (χ1) is 9.81. The van der Waals surface area contributed by atoms with Crippen LogP contribution in [0.3, 0.4) is 0 Å². The van der Waals surface area contributed by atoms with E-state index in [-0.39, 0.29) is 0 Å². The summed E-state index contributed by atoms with van der Waals surface area (Å²) in [5.74, 6) is -0.399. The number of nitrogens with zero attached hydrogens (tertiary/aromatic N) is 2. The van der Waals surface area contributed by atoms with Gasteiger partial charge < -0.3 is 9.47 Å². The maximum absolute atomic E-state index is 12.0. The quantitative estimate of drug-likeness (QED) is 0.795. The molecule has 0 N–H and O–H groups in total. The Kier molecular flexibility index (Phi) is 3.97. The summed E-state index contributed by atoms with van der Waals surface area (Å²) in [4.78, 5) is 23.7. The molecule has 21 heavy (non-hydrogen) atoms. The average molecular weight is 290 g/mol. The van der Waals surface area contributed by atoms with Crippen molar-refractivity contribution < 1.29 is 19.1 Å². The molecule has 2 rings (SSSR count). The summed E-state index contributed by atoms with van der Waals surface area (Å²) < 4.78 is 11.4. The standard InChI is InChI=1S/C15H18N2O4/c1-5-20-13(18)10-6-7-12-11(8-10)9-16-17(12)14(19)21-15(2,3)4/h6-9H,5H2,1-4H3. The first-order valence-electron chi connectivity index (χ1n) is 6.70. The SMILES string of the molecule is CCOC(=O)c1ccc2c(cnn2C(=O)OC(C)(C)C)c1. The number of rotatable bonds is 2. The average Bonchev–Trinajstić information content (AvgIpc) is 2.79. The largest absolute Gasteiger partial charge is 0.462 e. The highest BCUT2D eigenvalue weighted by Gasteiger charge is 2.20. The number of hydrogen-bond donors (Lipinski definition) is 0. The van der Waals surface area contributed by atoms with Gasteiger partial charge in [0.2, 0.25) is 0 Å². The highest BCUT2D eigenvalue weighted by atomic mass is 16.6. The summed E-state index contributed by atoms with van der Waals surface area (Å²) in [6, 6.07) is 4.89. The van der Waals surface area contributed by atoms with Gasteiger partial charge in [0.05, 0.1) is 23.9 Å². The van der Waals surface area contributed by atoms with E-state index >= 15 is 0 Å². The van der Waals surface area contributed by atoms with Gasteiger partial charge in [-0.05, 0) is 45.9 Å². The molecule has 1 aromatic heterocycles. The Morgan fingerprint density at radius 1 is 1.29 bits per heavy atom. The molecule has 0 saturated heterocycles. The van der Waals surface area contributed by atoms with E-state index < -0.39 is 17.7 Å². The minimum Gasteiger partial charge on any atom is -0.462 e. The normalized spacial score (nSPS) is 11.4. The summed E-state index contributed by atoms with van der Waals surface area (Å²) in [5, 5.41) is 4.69. The van der Waals surface area contributed by atoms with Crippen LogP contribution in [-0.2, 0) is 9.47 Å². The van der Waals surface area contributed by atoms with E-state index in [4.69, 9.17) is 9.47 Å². The van der Waals surface area contributed by atoms with E-state index in [1.54, 1.807) is 45.9 Å². The lowest BCUT2D eigenvalue weighted by atomic mass is 10.1. The summed E-state index contributed by atoms with van der Waals surface area (Å²) in [5.41, 5.74) is 0.408. The molecule has 1 aromatic carbocycles. The lowest BCUT2D eigenvalue weighted by Crippen LogP contribution is -2.27. The summed E-state index contributed by atoms with van der Waals surface area (Å²) in [6.45, 7) is 7.42. The minimum absolute atomic E-state index is 0.314. The van der Waals surface area contributed by atoms with E-state index in [1.807, 2.05) is 0 Å². The van der Waals surface area contributed by atoms with Gasteiger partial charge in [0.1, 0.15) is 5.60 Å². The van der Waals surface area contributed by atoms with Crippen molar-refractivity contribution in [2.45, 2.75) is 33.3 Å². The summed E-state index contributed by atoms with van der Waals surface area (Å²) in [7, 11) is 0. The van der Waals surface area contributed by atoms with Crippen LogP contribution < -0.4 is 0 Å². The van der Waals surface area contributed by atoms with Gasteiger partial charge in [0.15, 0.2) is 0 Å². The van der Waals surface area contributed by atoms with Crippen LogP contribution in [0.4, 0.5) is 4.79 Å². The molecule has 0 spiro atoms. The van der Waals surface area contributed by atoms with Crippen LogP contribution in [0.15, 0.2) is 24.4 Å². The van der Waals surface area contributed by atoms with Gasteiger partial charge in [-0.25, -0.2) is 9.59 Å². The number of ether oxygens (including phenoxy) is 2. The van der Waals surface area contributed by atoms with Gasteiger partial charge in [0.25, 0.3) is 0 Å². The van der Waals surface area contributed by atoms with E-state index in [2.05, 4.69) is 5.10 Å². The fraction of sp³-hybridized carbons (Fsp3) is 0.400. The number of aromatic nitrogens is 2. The third-order valence-electron chi connectivity index (χ3n) is 2.65. The second kappa shape index (κ2) is 5.55. The Morgan fingerprint density at radius 3 is 2.62 bits per heavy atom. The van der Waals surface area contributed by atoms with Crippen LogP contribution in [0.2, 0.25) is 0 Å². The second-order valence-electron chi connectivity index (χ2n) is 5.53. The zero-order chi connectivity index (χ0) is 15.6. The predicted octanol–water partition coefficient (Wildman–Crippen LogP) is 3.00. The first kappa shape index (κ1) is 15.0. The van der Waals surface area contributed by atoms with Crippen molar-refractivity contribution >= 4 is 23.0 Å².